The number of hydrogen-bond acceptors (Lipinski definition) is 4. The molecular weight excluding hydrogens is 220 g/mol. The molecule has 0 atom stereocenters. The van der Waals surface area contributed by atoms with Gasteiger partial charge in [-0.2, -0.15) is 0 Å². The Balaban J connectivity index is 2.66. The molecule has 70 valence electrons. The first-order chi connectivity index (χ1) is 6.77. The Bertz CT molecular complexity index is 627. The number of aryl methyl sites for hydroxylation is 1. The van der Waals surface area contributed by atoms with E-state index in [-0.39, 0.29) is 0 Å². The van der Waals surface area contributed by atoms with E-state index in [9.17, 15) is 0 Å². The summed E-state index contributed by atoms with van der Waals surface area (Å²) in [5.74, 6) is 0.816. The van der Waals surface area contributed by atoms with Gasteiger partial charge in [0.25, 0.3) is 0 Å². The van der Waals surface area contributed by atoms with E-state index in [1.54, 1.807) is 6.33 Å². The van der Waals surface area contributed by atoms with Crippen LogP contribution in [0, 0.1) is 6.92 Å². The minimum absolute atomic E-state index is 0.690. The fourth-order valence-corrected chi connectivity index (χ4v) is 2.54. The summed E-state index contributed by atoms with van der Waals surface area (Å²) in [6.07, 6.45) is 1.72. The molecule has 3 rings (SSSR count). The van der Waals surface area contributed by atoms with Crippen LogP contribution < -0.4 is 0 Å². The van der Waals surface area contributed by atoms with Crippen molar-refractivity contribution in [1.82, 2.24) is 19.6 Å². The zero-order valence-electron chi connectivity index (χ0n) is 7.23. The van der Waals surface area contributed by atoms with E-state index in [1.807, 2.05) is 16.7 Å². The molecule has 6 heteroatoms. The summed E-state index contributed by atoms with van der Waals surface area (Å²) in [5, 5.41) is 11.5. The maximum atomic E-state index is 6.05. The molecule has 0 aliphatic rings. The van der Waals surface area contributed by atoms with Gasteiger partial charge < -0.3 is 0 Å². The number of fused-ring (bicyclic) bond motifs is 3. The normalized spacial score (nSPS) is 11.6. The second-order valence-electron chi connectivity index (χ2n) is 2.95. The van der Waals surface area contributed by atoms with Crippen molar-refractivity contribution in [2.24, 2.45) is 0 Å². The lowest BCUT2D eigenvalue weighted by Gasteiger charge is -1.94. The van der Waals surface area contributed by atoms with Gasteiger partial charge >= 0.3 is 0 Å². The van der Waals surface area contributed by atoms with E-state index < -0.39 is 0 Å². The molecule has 0 aromatic carbocycles. The van der Waals surface area contributed by atoms with Gasteiger partial charge in [-0.25, -0.2) is 4.98 Å². The van der Waals surface area contributed by atoms with Gasteiger partial charge in [0.05, 0.1) is 10.4 Å². The van der Waals surface area contributed by atoms with Crippen LogP contribution >= 0.6 is 22.9 Å². The number of aromatic nitrogens is 4. The van der Waals surface area contributed by atoms with Crippen molar-refractivity contribution in [3.63, 3.8) is 0 Å². The Morgan fingerprint density at radius 1 is 1.43 bits per heavy atom. The molecule has 0 N–H and O–H groups in total. The lowest BCUT2D eigenvalue weighted by atomic mass is 10.4. The highest BCUT2D eigenvalue weighted by molar-refractivity contribution is 7.17. The van der Waals surface area contributed by atoms with E-state index >= 15 is 0 Å². The Morgan fingerprint density at radius 3 is 3.14 bits per heavy atom. The van der Waals surface area contributed by atoms with Crippen LogP contribution in [0.15, 0.2) is 11.7 Å². The monoisotopic (exact) mass is 224 g/mol. The van der Waals surface area contributed by atoms with E-state index in [0.29, 0.717) is 5.02 Å². The van der Waals surface area contributed by atoms with Gasteiger partial charge in [0.1, 0.15) is 17.0 Å². The molecule has 14 heavy (non-hydrogen) atoms. The van der Waals surface area contributed by atoms with Crippen molar-refractivity contribution in [2.45, 2.75) is 6.92 Å². The van der Waals surface area contributed by atoms with Crippen molar-refractivity contribution >= 4 is 38.8 Å². The fourth-order valence-electron chi connectivity index (χ4n) is 1.41. The second kappa shape index (κ2) is 2.65. The molecule has 3 heterocycles. The largest absolute Gasteiger partial charge is 0.269 e. The minimum Gasteiger partial charge on any atom is -0.269 e. The van der Waals surface area contributed by atoms with Gasteiger partial charge in [0.2, 0.25) is 0 Å². The van der Waals surface area contributed by atoms with Crippen molar-refractivity contribution < 1.29 is 0 Å². The van der Waals surface area contributed by atoms with E-state index in [4.69, 9.17) is 11.6 Å². The van der Waals surface area contributed by atoms with Gasteiger partial charge in [-0.3, -0.25) is 4.40 Å². The standard InChI is InChI=1S/C8H5ClN4S/c1-4-11-12-7-6-5(9)2-14-8(6)10-3-13(4)7/h2-3H,1H3. The molecule has 0 radical (unpaired) electrons. The number of nitrogens with zero attached hydrogens (tertiary/aromatic N) is 4. The lowest BCUT2D eigenvalue weighted by Crippen LogP contribution is -1.89. The predicted octanol–water partition coefficient (Wildman–Crippen LogP) is 2.30. The highest BCUT2D eigenvalue weighted by Gasteiger charge is 2.11. The van der Waals surface area contributed by atoms with Gasteiger partial charge in [0.15, 0.2) is 5.65 Å². The van der Waals surface area contributed by atoms with E-state index in [0.717, 1.165) is 21.7 Å². The fraction of sp³-hybridized carbons (Fsp3) is 0.125. The molecule has 0 unspecified atom stereocenters. The van der Waals surface area contributed by atoms with E-state index in [1.165, 1.54) is 11.3 Å². The lowest BCUT2D eigenvalue weighted by molar-refractivity contribution is 0.990. The van der Waals surface area contributed by atoms with Gasteiger partial charge in [-0.15, -0.1) is 21.5 Å². The zero-order valence-corrected chi connectivity index (χ0v) is 8.80. The third-order valence-electron chi connectivity index (χ3n) is 2.11. The molecule has 0 spiro atoms. The quantitative estimate of drug-likeness (QED) is 0.589. The molecule has 0 fully saturated rings. The average Bonchev–Trinajstić information content (AvgIpc) is 2.72. The molecule has 0 bridgehead atoms. The summed E-state index contributed by atoms with van der Waals surface area (Å²) >= 11 is 7.56. The second-order valence-corrected chi connectivity index (χ2v) is 4.21. The van der Waals surface area contributed by atoms with Gasteiger partial charge in [-0.1, -0.05) is 11.6 Å². The smallest absolute Gasteiger partial charge is 0.173 e. The van der Waals surface area contributed by atoms with E-state index in [2.05, 4.69) is 15.2 Å². The summed E-state index contributed by atoms with van der Waals surface area (Å²) in [6.45, 7) is 1.88. The molecule has 0 aliphatic carbocycles. The summed E-state index contributed by atoms with van der Waals surface area (Å²) in [6, 6.07) is 0. The first-order valence-corrected chi connectivity index (χ1v) is 5.26. The zero-order chi connectivity index (χ0) is 9.71. The van der Waals surface area contributed by atoms with Crippen LogP contribution in [0.3, 0.4) is 0 Å². The molecule has 3 aromatic heterocycles. The molecule has 3 aromatic rings. The third-order valence-corrected chi connectivity index (χ3v) is 3.42. The van der Waals surface area contributed by atoms with Crippen LogP contribution in [0.4, 0.5) is 0 Å². The highest BCUT2D eigenvalue weighted by Crippen LogP contribution is 2.30. The van der Waals surface area contributed by atoms with Crippen molar-refractivity contribution in [3.05, 3.63) is 22.6 Å². The van der Waals surface area contributed by atoms with Gasteiger partial charge in [0, 0.05) is 5.38 Å². The number of hydrogen-bond donors (Lipinski definition) is 0. The van der Waals surface area contributed by atoms with Crippen LogP contribution in [0.25, 0.3) is 15.9 Å². The third kappa shape index (κ3) is 0.908. The summed E-state index contributed by atoms with van der Waals surface area (Å²) < 4.78 is 1.83. The Morgan fingerprint density at radius 2 is 2.29 bits per heavy atom. The Kier molecular flexibility index (Phi) is 1.54. The summed E-state index contributed by atoms with van der Waals surface area (Å²) in [5.41, 5.74) is 0.777. The number of halogens is 1. The van der Waals surface area contributed by atoms with Crippen LogP contribution in [0.1, 0.15) is 5.82 Å². The SMILES string of the molecule is Cc1nnc2c3c(Cl)csc3ncn12. The van der Waals surface area contributed by atoms with Crippen molar-refractivity contribution in [3.8, 4) is 0 Å². The molecule has 0 saturated carbocycles. The molecule has 0 amide bonds. The molecule has 0 saturated heterocycles. The van der Waals surface area contributed by atoms with Crippen molar-refractivity contribution in [2.75, 3.05) is 0 Å². The highest BCUT2D eigenvalue weighted by atomic mass is 35.5. The minimum atomic E-state index is 0.690. The first-order valence-electron chi connectivity index (χ1n) is 4.00. The van der Waals surface area contributed by atoms with Crippen LogP contribution in [0.2, 0.25) is 5.02 Å². The predicted molar refractivity (Wildman–Crippen MR) is 55.9 cm³/mol. The van der Waals surface area contributed by atoms with Gasteiger partial charge in [-0.05, 0) is 6.92 Å². The number of thiophene rings is 1. The first kappa shape index (κ1) is 8.14. The maximum absolute atomic E-state index is 6.05. The molecular formula is C8H5ClN4S. The van der Waals surface area contributed by atoms with Crippen LogP contribution in [-0.2, 0) is 0 Å². The summed E-state index contributed by atoms with van der Waals surface area (Å²) in [4.78, 5) is 5.18. The average molecular weight is 225 g/mol. The van der Waals surface area contributed by atoms with Crippen LogP contribution in [0.5, 0.6) is 0 Å². The Hall–Kier alpha value is -1.20. The molecule has 4 nitrogen and oxygen atoms in total. The number of rotatable bonds is 0. The van der Waals surface area contributed by atoms with Crippen molar-refractivity contribution in [1.29, 1.82) is 0 Å². The topological polar surface area (TPSA) is 43.1 Å². The summed E-state index contributed by atoms with van der Waals surface area (Å²) in [7, 11) is 0. The molecule has 0 aliphatic heterocycles. The maximum Gasteiger partial charge on any atom is 0.173 e. The Labute approximate surface area is 88.2 Å². The van der Waals surface area contributed by atoms with Crippen LogP contribution in [-0.4, -0.2) is 19.6 Å².